The van der Waals surface area contributed by atoms with E-state index in [0.717, 1.165) is 25.7 Å². The molecule has 60 heavy (non-hydrogen) atoms. The smallest absolute Gasteiger partial charge is 0.308 e. The Morgan fingerprint density at radius 2 is 0.783 bits per heavy atom. The molecular formula is C43H93N3O14. The quantitative estimate of drug-likeness (QED) is 0.0242. The van der Waals surface area contributed by atoms with Crippen molar-refractivity contribution < 1.29 is 67.2 Å². The Hall–Kier alpha value is -2.53. The second kappa shape index (κ2) is 58.6. The molecule has 0 heterocycles. The fourth-order valence-corrected chi connectivity index (χ4v) is 3.93. The highest BCUT2D eigenvalue weighted by molar-refractivity contribution is 5.72. The highest BCUT2D eigenvalue weighted by Gasteiger charge is 2.13. The molecule has 0 saturated heterocycles. The first-order valence-electron chi connectivity index (χ1n) is 20.9. The first-order valence-corrected chi connectivity index (χ1v) is 20.9. The van der Waals surface area contributed by atoms with Gasteiger partial charge in [0.2, 0.25) is 0 Å². The van der Waals surface area contributed by atoms with Crippen molar-refractivity contribution in [2.24, 2.45) is 17.8 Å². The molecule has 0 bridgehead atoms. The molecule has 0 rings (SSSR count). The van der Waals surface area contributed by atoms with Gasteiger partial charge in [0, 0.05) is 10.8 Å². The van der Waals surface area contributed by atoms with Crippen LogP contribution in [0.25, 0.3) is 0 Å². The van der Waals surface area contributed by atoms with Crippen LogP contribution >= 0.6 is 0 Å². The van der Waals surface area contributed by atoms with E-state index in [0.29, 0.717) is 72.7 Å². The van der Waals surface area contributed by atoms with E-state index in [1.54, 1.807) is 0 Å². The van der Waals surface area contributed by atoms with Crippen LogP contribution in [0, 0.1) is 28.5 Å². The number of rotatable bonds is 35. The fourth-order valence-electron chi connectivity index (χ4n) is 3.93. The number of nitrogens with zero attached hydrogens (tertiary/aromatic N) is 2. The standard InChI is InChI=1S/2C14H28O6.C13H26O2.2CH4.N2.H3N/c1-4-12(2)14(16)20-10-8-17-7-9-19-13(3)11-18-6-5-15;1-4-12(2)14(16)20-10-9-17-7-8-18-11-13(3)19-6-5-15;1-4-6-7-8-9-10-11-15-13(14)12(3)5-2;;;1-2;/h2*12-13,15H,4-11H2,1-3H3;12H,4-11H2,1-3H3;2*1H4;;1H3. The predicted octanol–water partition coefficient (Wildman–Crippen LogP) is 7.41. The molecule has 0 saturated carbocycles. The lowest BCUT2D eigenvalue weighted by Gasteiger charge is -2.13. The number of ether oxygens (including phenoxy) is 9. The lowest BCUT2D eigenvalue weighted by atomic mass is 10.1. The van der Waals surface area contributed by atoms with Gasteiger partial charge in [-0.05, 0) is 39.5 Å². The minimum absolute atomic E-state index is 0. The summed E-state index contributed by atoms with van der Waals surface area (Å²) < 4.78 is 46.9. The zero-order chi connectivity index (χ0) is 44.0. The number of aliphatic hydroxyl groups is 2. The molecule has 0 aromatic carbocycles. The Kier molecular flexibility index (Phi) is 70.2. The van der Waals surface area contributed by atoms with E-state index >= 15 is 0 Å². The molecule has 17 heteroatoms. The fraction of sp³-hybridized carbons (Fsp3) is 0.930. The van der Waals surface area contributed by atoms with Gasteiger partial charge in [-0.2, -0.15) is 0 Å². The van der Waals surface area contributed by atoms with Gasteiger partial charge in [0.1, 0.15) is 13.2 Å². The minimum Gasteiger partial charge on any atom is -0.465 e. The summed E-state index contributed by atoms with van der Waals surface area (Å²) in [6.07, 6.45) is 9.76. The third kappa shape index (κ3) is 55.5. The van der Waals surface area contributed by atoms with Gasteiger partial charge in [-0.15, -0.1) is 0 Å². The minimum atomic E-state index is -0.179. The maximum atomic E-state index is 11.3. The van der Waals surface area contributed by atoms with E-state index in [1.807, 2.05) is 55.4 Å². The maximum absolute atomic E-state index is 11.3. The van der Waals surface area contributed by atoms with Gasteiger partial charge >= 0.3 is 17.9 Å². The number of esters is 3. The molecule has 17 nitrogen and oxygen atoms in total. The number of aliphatic hydroxyl groups excluding tert-OH is 2. The zero-order valence-electron chi connectivity index (χ0n) is 37.8. The third-order valence-electron chi connectivity index (χ3n) is 8.17. The van der Waals surface area contributed by atoms with Crippen LogP contribution in [0.3, 0.4) is 0 Å². The average molecular weight is 876 g/mol. The van der Waals surface area contributed by atoms with Gasteiger partial charge in [0.15, 0.2) is 0 Å². The second-order valence-electron chi connectivity index (χ2n) is 13.4. The van der Waals surface area contributed by atoms with Crippen LogP contribution < -0.4 is 6.15 Å². The van der Waals surface area contributed by atoms with Crippen LogP contribution in [-0.2, 0) is 57.0 Å². The van der Waals surface area contributed by atoms with Gasteiger partial charge in [0.05, 0.1) is 116 Å². The first-order chi connectivity index (χ1) is 27.4. The molecule has 0 aliphatic heterocycles. The van der Waals surface area contributed by atoms with Gasteiger partial charge in [-0.3, -0.25) is 14.4 Å². The number of carbonyl (C=O) groups is 3. The average Bonchev–Trinajstić information content (AvgIpc) is 3.23. The van der Waals surface area contributed by atoms with E-state index < -0.39 is 0 Å². The molecule has 5 unspecified atom stereocenters. The molecule has 364 valence electrons. The summed E-state index contributed by atoms with van der Waals surface area (Å²) in [6.45, 7) is 22.8. The zero-order valence-corrected chi connectivity index (χ0v) is 37.8. The largest absolute Gasteiger partial charge is 0.465 e. The topological polar surface area (TPSA) is 257 Å². The first kappa shape index (κ1) is 71.9. The molecule has 0 aromatic rings. The molecule has 0 spiro atoms. The van der Waals surface area contributed by atoms with Crippen LogP contribution in [0.15, 0.2) is 0 Å². The summed E-state index contributed by atoms with van der Waals surface area (Å²) in [5.41, 5.74) is 0. The second-order valence-corrected chi connectivity index (χ2v) is 13.4. The van der Waals surface area contributed by atoms with Crippen molar-refractivity contribution in [3.63, 3.8) is 0 Å². The summed E-state index contributed by atoms with van der Waals surface area (Å²) in [5.74, 6) is -0.447. The molecule has 0 aliphatic carbocycles. The van der Waals surface area contributed by atoms with E-state index in [4.69, 9.17) is 63.6 Å². The summed E-state index contributed by atoms with van der Waals surface area (Å²) >= 11 is 0. The highest BCUT2D eigenvalue weighted by Crippen LogP contribution is 2.08. The summed E-state index contributed by atoms with van der Waals surface area (Å²) in [5, 5.41) is 29.1. The number of hydrogen-bond donors (Lipinski definition) is 3. The van der Waals surface area contributed by atoms with Gasteiger partial charge < -0.3 is 59.0 Å². The normalized spacial score (nSPS) is 12.5. The van der Waals surface area contributed by atoms with Crippen LogP contribution in [-0.4, -0.2) is 139 Å². The summed E-state index contributed by atoms with van der Waals surface area (Å²) in [7, 11) is 0. The van der Waals surface area contributed by atoms with Crippen LogP contribution in [0.1, 0.15) is 135 Å². The molecule has 0 amide bonds. The van der Waals surface area contributed by atoms with Gasteiger partial charge in [0.25, 0.3) is 0 Å². The molecule has 5 N–H and O–H groups in total. The lowest BCUT2D eigenvalue weighted by molar-refractivity contribution is -0.150. The van der Waals surface area contributed by atoms with Crippen LogP contribution in [0.5, 0.6) is 0 Å². The Morgan fingerprint density at radius 3 is 1.20 bits per heavy atom. The van der Waals surface area contributed by atoms with E-state index in [9.17, 15) is 14.4 Å². The Morgan fingerprint density at radius 1 is 0.450 bits per heavy atom. The van der Waals surface area contributed by atoms with E-state index in [2.05, 4.69) is 6.92 Å². The summed E-state index contributed by atoms with van der Waals surface area (Å²) in [4.78, 5) is 34.0. The molecule has 5 atom stereocenters. The van der Waals surface area contributed by atoms with Gasteiger partial charge in [-0.25, -0.2) is 0 Å². The van der Waals surface area contributed by atoms with Crippen LogP contribution in [0.4, 0.5) is 0 Å². The van der Waals surface area contributed by atoms with Crippen molar-refractivity contribution in [3.05, 3.63) is 0 Å². The van der Waals surface area contributed by atoms with Crippen LogP contribution in [0.2, 0.25) is 0 Å². The molecule has 0 aliphatic rings. The highest BCUT2D eigenvalue weighted by atomic mass is 16.6. The predicted molar refractivity (Wildman–Crippen MR) is 235 cm³/mol. The monoisotopic (exact) mass is 876 g/mol. The van der Waals surface area contributed by atoms with E-state index in [1.165, 1.54) is 32.1 Å². The number of unbranched alkanes of at least 4 members (excludes halogenated alkanes) is 5. The molecule has 0 radical (unpaired) electrons. The molecule has 0 aromatic heterocycles. The Bertz CT molecular complexity index is 889. The Labute approximate surface area is 365 Å². The number of carbonyl (C=O) groups excluding carboxylic acids is 3. The van der Waals surface area contributed by atoms with E-state index in [-0.39, 0.29) is 95.3 Å². The summed E-state index contributed by atoms with van der Waals surface area (Å²) in [6, 6.07) is 0. The third-order valence-corrected chi connectivity index (χ3v) is 8.17. The molecule has 0 fully saturated rings. The number of hydrogen-bond acceptors (Lipinski definition) is 17. The Balaban J connectivity index is -0.000000136. The maximum Gasteiger partial charge on any atom is 0.308 e. The van der Waals surface area contributed by atoms with Crippen molar-refractivity contribution in [3.8, 4) is 0 Å². The van der Waals surface area contributed by atoms with Crippen molar-refractivity contribution in [2.45, 2.75) is 147 Å². The van der Waals surface area contributed by atoms with Gasteiger partial charge in [-0.1, -0.05) is 95.4 Å². The lowest BCUT2D eigenvalue weighted by Crippen LogP contribution is -2.21. The van der Waals surface area contributed by atoms with Crippen molar-refractivity contribution >= 4 is 17.9 Å². The molecular weight excluding hydrogens is 782 g/mol. The van der Waals surface area contributed by atoms with Crippen molar-refractivity contribution in [1.82, 2.24) is 6.15 Å². The van der Waals surface area contributed by atoms with Crippen molar-refractivity contribution in [1.29, 1.82) is 10.8 Å². The SMILES string of the molecule is C.C.CCC(C)C(=O)OCCOCCOC(C)COCCO.CCC(C)C(=O)OCCOCCOCC(C)OCCO.CCCCCCCCOC(=O)C(C)CC.N.N#N. The van der Waals surface area contributed by atoms with Crippen molar-refractivity contribution in [2.75, 3.05) is 99.1 Å².